The molecule has 8 atom stereocenters. The Labute approximate surface area is 166 Å². The fourth-order valence-corrected chi connectivity index (χ4v) is 7.96. The van der Waals surface area contributed by atoms with E-state index in [1.165, 1.54) is 0 Å². The average Bonchev–Trinajstić information content (AvgIpc) is 3.32. The largest absolute Gasteiger partial charge is 0.396 e. The highest BCUT2D eigenvalue weighted by atomic mass is 32.1. The molecule has 0 unspecified atom stereocenters. The second kappa shape index (κ2) is 7.42. The molecule has 1 heterocycles. The summed E-state index contributed by atoms with van der Waals surface area (Å²) in [5.74, 6) is 1.17. The van der Waals surface area contributed by atoms with Crippen LogP contribution in [0.25, 0.3) is 0 Å². The first-order chi connectivity index (χ1) is 12.9. The van der Waals surface area contributed by atoms with Crippen LogP contribution in [0.4, 0.5) is 0 Å². The molecule has 0 radical (unpaired) electrons. The zero-order valence-corrected chi connectivity index (χ0v) is 17.1. The second-order valence-electron chi connectivity index (χ2n) is 9.55. The highest BCUT2D eigenvalue weighted by molar-refractivity contribution is 7.10. The number of hydrogen-bond acceptors (Lipinski definition) is 5. The number of aliphatic hydroxyl groups is 4. The Morgan fingerprint density at radius 3 is 2.52 bits per heavy atom. The van der Waals surface area contributed by atoms with Crippen LogP contribution in [0.15, 0.2) is 17.5 Å². The predicted molar refractivity (Wildman–Crippen MR) is 106 cm³/mol. The lowest BCUT2D eigenvalue weighted by Crippen LogP contribution is -2.51. The van der Waals surface area contributed by atoms with E-state index in [4.69, 9.17) is 0 Å². The van der Waals surface area contributed by atoms with Gasteiger partial charge in [-0.1, -0.05) is 13.0 Å². The van der Waals surface area contributed by atoms with Gasteiger partial charge < -0.3 is 20.4 Å². The Morgan fingerprint density at radius 2 is 1.85 bits per heavy atom. The fraction of sp³-hybridized carbons (Fsp3) is 0.818. The van der Waals surface area contributed by atoms with Gasteiger partial charge >= 0.3 is 0 Å². The molecule has 0 bridgehead atoms. The van der Waals surface area contributed by atoms with Crippen molar-refractivity contribution in [3.63, 3.8) is 0 Å². The molecule has 3 aliphatic carbocycles. The van der Waals surface area contributed by atoms with E-state index in [0.717, 1.165) is 43.4 Å². The van der Waals surface area contributed by atoms with Gasteiger partial charge in [0.1, 0.15) is 5.60 Å². The number of rotatable bonds is 4. The number of thiophene rings is 1. The van der Waals surface area contributed by atoms with E-state index in [9.17, 15) is 20.4 Å². The van der Waals surface area contributed by atoms with Gasteiger partial charge in [0.2, 0.25) is 0 Å². The minimum atomic E-state index is -0.739. The van der Waals surface area contributed by atoms with Gasteiger partial charge in [0, 0.05) is 18.1 Å². The maximum Gasteiger partial charge on any atom is 0.102 e. The summed E-state index contributed by atoms with van der Waals surface area (Å²) >= 11 is 1.64. The van der Waals surface area contributed by atoms with Crippen molar-refractivity contribution < 1.29 is 20.4 Å². The molecule has 4 rings (SSSR count). The molecule has 3 saturated carbocycles. The van der Waals surface area contributed by atoms with Crippen molar-refractivity contribution in [1.29, 1.82) is 0 Å². The lowest BCUT2D eigenvalue weighted by Gasteiger charge is -2.54. The van der Waals surface area contributed by atoms with Gasteiger partial charge in [0.05, 0.1) is 6.10 Å². The fourth-order valence-electron chi connectivity index (χ4n) is 7.05. The molecule has 4 nitrogen and oxygen atoms in total. The van der Waals surface area contributed by atoms with Gasteiger partial charge in [0.15, 0.2) is 0 Å². The monoisotopic (exact) mass is 394 g/mol. The quantitative estimate of drug-likeness (QED) is 0.632. The highest BCUT2D eigenvalue weighted by Gasteiger charge is 2.58. The maximum atomic E-state index is 11.5. The molecule has 0 spiro atoms. The third kappa shape index (κ3) is 3.10. The molecular weight excluding hydrogens is 360 g/mol. The molecule has 0 saturated heterocycles. The number of hydrogen-bond donors (Lipinski definition) is 4. The first-order valence-corrected chi connectivity index (χ1v) is 11.5. The molecule has 5 heteroatoms. The standard InChI is InChI=1S/C22H34O4S/c1-21(8-6-15(25)11-14(21)12-23)18-4-5-19-16(17(18)13-24)7-9-22(19,26)20-3-2-10-27-20/h2-3,10,14-19,23-26H,4-9,11-13H2,1H3/t14-,15+,16+,17+,18+,19+,21+,22+/m1/s1. The van der Waals surface area contributed by atoms with E-state index in [1.807, 2.05) is 11.4 Å². The molecule has 1 aromatic rings. The van der Waals surface area contributed by atoms with Crippen molar-refractivity contribution in [2.45, 2.75) is 63.6 Å². The minimum absolute atomic E-state index is 0.0457. The zero-order valence-electron chi connectivity index (χ0n) is 16.3. The van der Waals surface area contributed by atoms with E-state index in [2.05, 4.69) is 13.0 Å². The van der Waals surface area contributed by atoms with Gasteiger partial charge in [-0.15, -0.1) is 11.3 Å². The van der Waals surface area contributed by atoms with Crippen LogP contribution < -0.4 is 0 Å². The maximum absolute atomic E-state index is 11.5. The molecule has 3 aliphatic rings. The second-order valence-corrected chi connectivity index (χ2v) is 10.5. The van der Waals surface area contributed by atoms with Gasteiger partial charge in [0.25, 0.3) is 0 Å². The third-order valence-corrected chi connectivity index (χ3v) is 9.61. The van der Waals surface area contributed by atoms with Crippen LogP contribution in [0.1, 0.15) is 56.7 Å². The molecule has 27 heavy (non-hydrogen) atoms. The van der Waals surface area contributed by atoms with E-state index in [-0.39, 0.29) is 42.5 Å². The molecule has 3 fully saturated rings. The van der Waals surface area contributed by atoms with Crippen molar-refractivity contribution in [3.8, 4) is 0 Å². The van der Waals surface area contributed by atoms with Crippen LogP contribution in [0, 0.1) is 35.0 Å². The Kier molecular flexibility index (Phi) is 5.45. The SMILES string of the molecule is C[C@]1([C@H]2CC[C@H]3[C@@H](CC[C@@]3(O)c3cccs3)[C@@H]2CO)CC[C@H](O)C[C@@H]1CO. The van der Waals surface area contributed by atoms with Crippen LogP contribution >= 0.6 is 11.3 Å². The van der Waals surface area contributed by atoms with E-state index >= 15 is 0 Å². The molecular formula is C22H34O4S. The van der Waals surface area contributed by atoms with Crippen molar-refractivity contribution in [1.82, 2.24) is 0 Å². The summed E-state index contributed by atoms with van der Waals surface area (Å²) in [5.41, 5.74) is -0.784. The lowest BCUT2D eigenvalue weighted by molar-refractivity contribution is -0.114. The van der Waals surface area contributed by atoms with Gasteiger partial charge in [-0.3, -0.25) is 0 Å². The molecule has 0 aliphatic heterocycles. The smallest absolute Gasteiger partial charge is 0.102 e. The summed E-state index contributed by atoms with van der Waals surface area (Å²) < 4.78 is 0. The summed E-state index contributed by atoms with van der Waals surface area (Å²) in [6.07, 6.45) is 5.76. The predicted octanol–water partition coefficient (Wildman–Crippen LogP) is 3.14. The highest BCUT2D eigenvalue weighted by Crippen LogP contribution is 2.62. The van der Waals surface area contributed by atoms with E-state index in [0.29, 0.717) is 18.3 Å². The Morgan fingerprint density at radius 1 is 1.07 bits per heavy atom. The van der Waals surface area contributed by atoms with Crippen LogP contribution in [0.5, 0.6) is 0 Å². The molecule has 152 valence electrons. The third-order valence-electron chi connectivity index (χ3n) is 8.58. The lowest BCUT2D eigenvalue weighted by atomic mass is 9.51. The Balaban J connectivity index is 1.60. The van der Waals surface area contributed by atoms with Crippen molar-refractivity contribution in [2.24, 2.45) is 35.0 Å². The van der Waals surface area contributed by atoms with Crippen molar-refractivity contribution >= 4 is 11.3 Å². The van der Waals surface area contributed by atoms with Crippen LogP contribution in [0.3, 0.4) is 0 Å². The number of fused-ring (bicyclic) bond motifs is 1. The van der Waals surface area contributed by atoms with E-state index < -0.39 is 5.60 Å². The number of aliphatic hydroxyl groups excluding tert-OH is 3. The van der Waals surface area contributed by atoms with Gasteiger partial charge in [-0.25, -0.2) is 0 Å². The molecule has 1 aromatic heterocycles. The molecule has 0 amide bonds. The van der Waals surface area contributed by atoms with Crippen LogP contribution in [-0.2, 0) is 5.60 Å². The van der Waals surface area contributed by atoms with Crippen molar-refractivity contribution in [3.05, 3.63) is 22.4 Å². The normalized spacial score (nSPS) is 47.7. The molecule has 0 aromatic carbocycles. The Bertz CT molecular complexity index is 634. The Hall–Kier alpha value is -0.460. The zero-order chi connectivity index (χ0) is 19.2. The van der Waals surface area contributed by atoms with Gasteiger partial charge in [-0.05, 0) is 91.4 Å². The summed E-state index contributed by atoms with van der Waals surface area (Å²) in [6, 6.07) is 4.07. The van der Waals surface area contributed by atoms with Crippen LogP contribution in [0.2, 0.25) is 0 Å². The van der Waals surface area contributed by atoms with Crippen molar-refractivity contribution in [2.75, 3.05) is 13.2 Å². The summed E-state index contributed by atoms with van der Waals surface area (Å²) in [7, 11) is 0. The average molecular weight is 395 g/mol. The summed E-state index contributed by atoms with van der Waals surface area (Å²) in [5, 5.41) is 44.0. The van der Waals surface area contributed by atoms with Gasteiger partial charge in [-0.2, -0.15) is 0 Å². The van der Waals surface area contributed by atoms with Crippen LogP contribution in [-0.4, -0.2) is 39.7 Å². The van der Waals surface area contributed by atoms with E-state index in [1.54, 1.807) is 11.3 Å². The first kappa shape index (κ1) is 19.8. The first-order valence-electron chi connectivity index (χ1n) is 10.6. The summed E-state index contributed by atoms with van der Waals surface area (Å²) in [4.78, 5) is 1.07. The minimum Gasteiger partial charge on any atom is -0.396 e. The molecule has 4 N–H and O–H groups in total. The topological polar surface area (TPSA) is 80.9 Å². The summed E-state index contributed by atoms with van der Waals surface area (Å²) in [6.45, 7) is 2.53.